The Bertz CT molecular complexity index is 989. The first kappa shape index (κ1) is 24.1. The van der Waals surface area contributed by atoms with Crippen LogP contribution in [-0.2, 0) is 9.53 Å². The van der Waals surface area contributed by atoms with Gasteiger partial charge in [-0.05, 0) is 62.2 Å². The normalized spacial score (nSPS) is 13.3. The molecule has 2 aromatic rings. The van der Waals surface area contributed by atoms with E-state index in [4.69, 9.17) is 24.1 Å². The molecule has 1 heterocycles. The van der Waals surface area contributed by atoms with Crippen molar-refractivity contribution in [2.24, 2.45) is 5.10 Å². The van der Waals surface area contributed by atoms with E-state index < -0.39 is 5.97 Å². The average Bonchev–Trinajstić information content (AvgIpc) is 2.84. The second-order valence-electron chi connectivity index (χ2n) is 7.20. The number of rotatable bonds is 11. The number of aliphatic carboxylic acids is 1. The first-order valence-electron chi connectivity index (χ1n) is 10.7. The molecule has 1 N–H and O–H groups in total. The van der Waals surface area contributed by atoms with E-state index in [1.807, 2.05) is 25.1 Å². The van der Waals surface area contributed by atoms with Crippen molar-refractivity contribution in [1.29, 1.82) is 0 Å². The Morgan fingerprint density at radius 1 is 1.06 bits per heavy atom. The van der Waals surface area contributed by atoms with Crippen molar-refractivity contribution in [3.63, 3.8) is 0 Å². The number of hydrogen-bond donors (Lipinski definition) is 1. The van der Waals surface area contributed by atoms with E-state index in [1.54, 1.807) is 31.4 Å². The Kier molecular flexibility index (Phi) is 8.65. The highest BCUT2D eigenvalue weighted by atomic mass is 16.5. The highest BCUT2D eigenvalue weighted by molar-refractivity contribution is 6.03. The molecule has 9 heteroatoms. The number of hydrazone groups is 1. The average molecular weight is 456 g/mol. The van der Waals surface area contributed by atoms with Crippen LogP contribution in [0, 0.1) is 0 Å². The van der Waals surface area contributed by atoms with E-state index in [1.165, 1.54) is 5.01 Å². The monoisotopic (exact) mass is 456 g/mol. The number of carbonyl (C=O) groups excluding carboxylic acids is 1. The fourth-order valence-electron chi connectivity index (χ4n) is 3.34. The molecule has 9 nitrogen and oxygen atoms in total. The van der Waals surface area contributed by atoms with Gasteiger partial charge in [0, 0.05) is 17.7 Å². The van der Waals surface area contributed by atoms with Gasteiger partial charge in [0.15, 0.2) is 11.5 Å². The van der Waals surface area contributed by atoms with Crippen molar-refractivity contribution < 1.29 is 33.6 Å². The van der Waals surface area contributed by atoms with Gasteiger partial charge in [-0.3, -0.25) is 4.79 Å². The number of carbonyl (C=O) groups is 2. The maximum absolute atomic E-state index is 13.0. The van der Waals surface area contributed by atoms with Crippen molar-refractivity contribution in [3.8, 4) is 17.2 Å². The molecule has 2 aromatic carbocycles. The van der Waals surface area contributed by atoms with Crippen LogP contribution in [0.4, 0.5) is 0 Å². The molecule has 176 valence electrons. The Balaban J connectivity index is 1.64. The van der Waals surface area contributed by atoms with E-state index in [9.17, 15) is 9.59 Å². The zero-order valence-electron chi connectivity index (χ0n) is 18.8. The molecule has 0 spiro atoms. The van der Waals surface area contributed by atoms with Gasteiger partial charge in [0.2, 0.25) is 0 Å². The lowest BCUT2D eigenvalue weighted by molar-refractivity contribution is -0.142. The second-order valence-corrected chi connectivity index (χ2v) is 7.20. The van der Waals surface area contributed by atoms with E-state index in [-0.39, 0.29) is 25.7 Å². The summed E-state index contributed by atoms with van der Waals surface area (Å²) in [6, 6.07) is 12.4. The number of nitrogens with zero attached hydrogens (tertiary/aromatic N) is 2. The van der Waals surface area contributed by atoms with Crippen LogP contribution in [0.1, 0.15) is 35.7 Å². The summed E-state index contributed by atoms with van der Waals surface area (Å²) in [5, 5.41) is 14.6. The first-order chi connectivity index (χ1) is 16.0. The third kappa shape index (κ3) is 6.69. The van der Waals surface area contributed by atoms with Crippen LogP contribution >= 0.6 is 0 Å². The van der Waals surface area contributed by atoms with Gasteiger partial charge in [-0.15, -0.1) is 0 Å². The zero-order chi connectivity index (χ0) is 23.6. The lowest BCUT2D eigenvalue weighted by Gasteiger charge is -2.24. The Hall–Kier alpha value is -3.59. The summed E-state index contributed by atoms with van der Waals surface area (Å²) in [6.07, 6.45) is 1.57. The molecule has 0 radical (unpaired) electrons. The smallest absolute Gasteiger partial charge is 0.329 e. The van der Waals surface area contributed by atoms with Gasteiger partial charge >= 0.3 is 5.97 Å². The summed E-state index contributed by atoms with van der Waals surface area (Å²) in [5.74, 6) is 0.647. The van der Waals surface area contributed by atoms with Crippen LogP contribution in [0.2, 0.25) is 0 Å². The van der Waals surface area contributed by atoms with E-state index in [0.717, 1.165) is 24.1 Å². The largest absolute Gasteiger partial charge is 0.493 e. The number of amides is 1. The fraction of sp³-hybridized carbons (Fsp3) is 0.375. The maximum atomic E-state index is 13.0. The van der Waals surface area contributed by atoms with Crippen molar-refractivity contribution in [3.05, 3.63) is 53.6 Å². The zero-order valence-corrected chi connectivity index (χ0v) is 18.8. The lowest BCUT2D eigenvalue weighted by atomic mass is 10.0. The Labute approximate surface area is 192 Å². The summed E-state index contributed by atoms with van der Waals surface area (Å²) in [6.45, 7) is 2.98. The minimum Gasteiger partial charge on any atom is -0.493 e. The molecule has 0 fully saturated rings. The van der Waals surface area contributed by atoms with E-state index >= 15 is 0 Å². The van der Waals surface area contributed by atoms with Gasteiger partial charge in [-0.25, -0.2) is 9.80 Å². The van der Waals surface area contributed by atoms with Gasteiger partial charge in [0.25, 0.3) is 5.91 Å². The maximum Gasteiger partial charge on any atom is 0.329 e. The predicted octanol–water partition coefficient (Wildman–Crippen LogP) is 3.21. The third-order valence-electron chi connectivity index (χ3n) is 4.88. The Morgan fingerprint density at radius 2 is 1.85 bits per heavy atom. The summed E-state index contributed by atoms with van der Waals surface area (Å²) >= 11 is 0. The van der Waals surface area contributed by atoms with E-state index in [2.05, 4.69) is 5.10 Å². The molecule has 0 atom stereocenters. The van der Waals surface area contributed by atoms with Crippen LogP contribution in [0.25, 0.3) is 0 Å². The molecule has 0 saturated heterocycles. The number of benzene rings is 2. The second kappa shape index (κ2) is 11.9. The van der Waals surface area contributed by atoms with Crippen molar-refractivity contribution >= 4 is 17.6 Å². The molecule has 0 saturated carbocycles. The van der Waals surface area contributed by atoms with Crippen LogP contribution in [0.3, 0.4) is 0 Å². The molecular formula is C24H28N2O7. The molecule has 0 bridgehead atoms. The molecule has 1 aliphatic rings. The standard InChI is InChI=1S/C24H28N2O7/c1-3-32-22-15-18(8-11-21(22)30-2)20-5-4-12-26(25-20)24(29)17-6-9-19(10-7-17)33-14-13-31-16-23(27)28/h6-11,15H,3-5,12-14,16H2,1-2H3,(H,27,28). The molecule has 1 aliphatic heterocycles. The Morgan fingerprint density at radius 3 is 2.55 bits per heavy atom. The molecule has 1 amide bonds. The summed E-state index contributed by atoms with van der Waals surface area (Å²) in [7, 11) is 1.60. The molecule has 0 unspecified atom stereocenters. The molecule has 0 aliphatic carbocycles. The third-order valence-corrected chi connectivity index (χ3v) is 4.88. The molecular weight excluding hydrogens is 428 g/mol. The molecule has 0 aromatic heterocycles. The van der Waals surface area contributed by atoms with Crippen LogP contribution < -0.4 is 14.2 Å². The minimum atomic E-state index is -1.02. The number of carboxylic acids is 1. The number of carboxylic acid groups (broad SMARTS) is 1. The summed E-state index contributed by atoms with van der Waals surface area (Å²) in [4.78, 5) is 23.4. The fourth-order valence-corrected chi connectivity index (χ4v) is 3.34. The van der Waals surface area contributed by atoms with Gasteiger partial charge in [0.1, 0.15) is 19.0 Å². The highest BCUT2D eigenvalue weighted by Gasteiger charge is 2.21. The number of methoxy groups -OCH3 is 1. The summed E-state index contributed by atoms with van der Waals surface area (Å²) in [5.41, 5.74) is 2.21. The highest BCUT2D eigenvalue weighted by Crippen LogP contribution is 2.29. The minimum absolute atomic E-state index is 0.161. The molecule has 3 rings (SSSR count). The predicted molar refractivity (Wildman–Crippen MR) is 121 cm³/mol. The molecule has 33 heavy (non-hydrogen) atoms. The van der Waals surface area contributed by atoms with Crippen molar-refractivity contribution in [2.45, 2.75) is 19.8 Å². The van der Waals surface area contributed by atoms with Crippen LogP contribution in [0.15, 0.2) is 47.6 Å². The topological polar surface area (TPSA) is 107 Å². The van der Waals surface area contributed by atoms with Crippen LogP contribution in [-0.4, -0.2) is 67.8 Å². The lowest BCUT2D eigenvalue weighted by Crippen LogP contribution is -2.32. The van der Waals surface area contributed by atoms with Gasteiger partial charge < -0.3 is 24.1 Å². The quantitative estimate of drug-likeness (QED) is 0.518. The van der Waals surface area contributed by atoms with Crippen molar-refractivity contribution in [1.82, 2.24) is 5.01 Å². The number of hydrogen-bond acceptors (Lipinski definition) is 7. The first-order valence-corrected chi connectivity index (χ1v) is 10.7. The van der Waals surface area contributed by atoms with Gasteiger partial charge in [-0.2, -0.15) is 5.10 Å². The summed E-state index contributed by atoms with van der Waals surface area (Å²) < 4.78 is 21.4. The van der Waals surface area contributed by atoms with Gasteiger partial charge in [0.05, 0.1) is 26.0 Å². The van der Waals surface area contributed by atoms with Crippen molar-refractivity contribution in [2.75, 3.05) is 40.1 Å². The van der Waals surface area contributed by atoms with E-state index in [0.29, 0.717) is 36.0 Å². The SMILES string of the molecule is CCOc1cc(C2=NN(C(=O)c3ccc(OCCOCC(=O)O)cc3)CCC2)ccc1OC. The number of ether oxygens (including phenoxy) is 4. The van der Waals surface area contributed by atoms with Crippen LogP contribution in [0.5, 0.6) is 17.2 Å². The van der Waals surface area contributed by atoms with Gasteiger partial charge in [-0.1, -0.05) is 0 Å².